The molecule has 17 heavy (non-hydrogen) atoms. The first-order valence-electron chi connectivity index (χ1n) is 5.04. The van der Waals surface area contributed by atoms with Crippen LogP contribution in [0.4, 0.5) is 13.2 Å². The van der Waals surface area contributed by atoms with E-state index in [4.69, 9.17) is 5.73 Å². The third-order valence-corrected chi connectivity index (χ3v) is 2.75. The summed E-state index contributed by atoms with van der Waals surface area (Å²) in [7, 11) is 1.34. The second-order valence-corrected chi connectivity index (χ2v) is 4.10. The van der Waals surface area contributed by atoms with Gasteiger partial charge in [0.25, 0.3) is 0 Å². The van der Waals surface area contributed by atoms with Crippen molar-refractivity contribution in [1.82, 2.24) is 4.90 Å². The molecular formula is C9H15F3N2O3. The summed E-state index contributed by atoms with van der Waals surface area (Å²) in [5, 5.41) is 9.37. The highest BCUT2D eigenvalue weighted by atomic mass is 19.4. The molecule has 5 nitrogen and oxygen atoms in total. The normalized spacial score (nSPS) is 27.3. The molecule has 2 unspecified atom stereocenters. The molecular weight excluding hydrogens is 241 g/mol. The van der Waals surface area contributed by atoms with Crippen molar-refractivity contribution < 1.29 is 27.8 Å². The van der Waals surface area contributed by atoms with Crippen LogP contribution >= 0.6 is 0 Å². The molecule has 0 spiro atoms. The van der Waals surface area contributed by atoms with Crippen LogP contribution in [0.3, 0.4) is 0 Å². The Morgan fingerprint density at radius 3 is 2.65 bits per heavy atom. The Hall–Kier alpha value is -0.860. The molecule has 1 amide bonds. The van der Waals surface area contributed by atoms with Crippen LogP contribution < -0.4 is 5.73 Å². The molecule has 0 aromatic heterocycles. The van der Waals surface area contributed by atoms with Crippen molar-refractivity contribution in [2.24, 2.45) is 5.73 Å². The van der Waals surface area contributed by atoms with Gasteiger partial charge in [0.1, 0.15) is 6.04 Å². The smallest absolute Gasteiger partial charge is 0.383 e. The van der Waals surface area contributed by atoms with Crippen LogP contribution in [0.2, 0.25) is 0 Å². The number of halogens is 3. The second-order valence-electron chi connectivity index (χ2n) is 4.10. The number of hydrogen-bond acceptors (Lipinski definition) is 4. The van der Waals surface area contributed by atoms with Crippen molar-refractivity contribution in [1.29, 1.82) is 0 Å². The number of carbonyl (C=O) groups excluding carboxylic acids is 1. The van der Waals surface area contributed by atoms with Crippen LogP contribution in [0.25, 0.3) is 0 Å². The molecule has 0 aromatic rings. The van der Waals surface area contributed by atoms with Crippen LogP contribution in [0.1, 0.15) is 6.42 Å². The summed E-state index contributed by atoms with van der Waals surface area (Å²) in [5.41, 5.74) is 2.60. The number of amides is 1. The van der Waals surface area contributed by atoms with Crippen molar-refractivity contribution in [3.8, 4) is 0 Å². The molecule has 3 N–H and O–H groups in total. The van der Waals surface area contributed by atoms with E-state index in [-0.39, 0.29) is 13.2 Å². The Kier molecular flexibility index (Phi) is 4.00. The number of alkyl halides is 3. The molecule has 1 rings (SSSR count). The fourth-order valence-electron chi connectivity index (χ4n) is 1.70. The van der Waals surface area contributed by atoms with Crippen LogP contribution in [0.15, 0.2) is 0 Å². The van der Waals surface area contributed by atoms with Gasteiger partial charge in [0.2, 0.25) is 5.91 Å². The summed E-state index contributed by atoms with van der Waals surface area (Å²) in [6.07, 6.45) is -5.27. The molecule has 0 aromatic carbocycles. The zero-order valence-electron chi connectivity index (χ0n) is 9.33. The van der Waals surface area contributed by atoms with Crippen molar-refractivity contribution in [2.75, 3.05) is 26.8 Å². The van der Waals surface area contributed by atoms with E-state index in [2.05, 4.69) is 4.74 Å². The van der Waals surface area contributed by atoms with Crippen LogP contribution in [-0.4, -0.2) is 60.5 Å². The van der Waals surface area contributed by atoms with Crippen molar-refractivity contribution >= 4 is 5.91 Å². The number of nitrogens with zero attached hydrogens (tertiary/aromatic N) is 1. The van der Waals surface area contributed by atoms with Gasteiger partial charge in [-0.3, -0.25) is 4.79 Å². The summed E-state index contributed by atoms with van der Waals surface area (Å²) in [4.78, 5) is 12.5. The monoisotopic (exact) mass is 256 g/mol. The number of carbonyl (C=O) groups is 1. The van der Waals surface area contributed by atoms with Crippen LogP contribution in [0.5, 0.6) is 0 Å². The summed E-state index contributed by atoms with van der Waals surface area (Å²) in [5.74, 6) is -0.646. The number of rotatable bonds is 3. The predicted octanol–water partition coefficient (Wildman–Crippen LogP) is -0.514. The molecule has 1 aliphatic heterocycles. The lowest BCUT2D eigenvalue weighted by molar-refractivity contribution is -0.253. The van der Waals surface area contributed by atoms with E-state index in [9.17, 15) is 23.1 Å². The number of nitrogens with two attached hydrogens (primary N) is 1. The van der Waals surface area contributed by atoms with E-state index in [1.807, 2.05) is 0 Å². The number of likely N-dealkylation sites (tertiary alicyclic amines) is 1. The molecule has 1 heterocycles. The number of methoxy groups -OCH3 is 1. The lowest BCUT2D eigenvalue weighted by atomic mass is 10.0. The summed E-state index contributed by atoms with van der Waals surface area (Å²) >= 11 is 0. The number of β-amino-alcohol motifs (C(OH)–C–C–N with tert-alkyl or cyclic N) is 1. The van der Waals surface area contributed by atoms with Gasteiger partial charge < -0.3 is 20.5 Å². The van der Waals surface area contributed by atoms with Crippen molar-refractivity contribution in [3.63, 3.8) is 0 Å². The highest BCUT2D eigenvalue weighted by molar-refractivity contribution is 5.82. The summed E-state index contributed by atoms with van der Waals surface area (Å²) < 4.78 is 42.1. The lowest BCUT2D eigenvalue weighted by Gasteiger charge is -2.26. The van der Waals surface area contributed by atoms with E-state index >= 15 is 0 Å². The molecule has 8 heteroatoms. The maximum atomic E-state index is 12.5. The maximum absolute atomic E-state index is 12.5. The van der Waals surface area contributed by atoms with Gasteiger partial charge in [-0.1, -0.05) is 0 Å². The van der Waals surface area contributed by atoms with Gasteiger partial charge >= 0.3 is 6.18 Å². The number of hydrogen-bond donors (Lipinski definition) is 2. The van der Waals surface area contributed by atoms with Gasteiger partial charge in [-0.15, -0.1) is 0 Å². The average molecular weight is 256 g/mol. The van der Waals surface area contributed by atoms with E-state index in [0.29, 0.717) is 0 Å². The van der Waals surface area contributed by atoms with E-state index in [1.54, 1.807) is 0 Å². The minimum absolute atomic E-state index is 0.0697. The molecule has 1 fully saturated rings. The molecule has 0 radical (unpaired) electrons. The zero-order chi connectivity index (χ0) is 13.3. The van der Waals surface area contributed by atoms with Crippen LogP contribution in [0, 0.1) is 0 Å². The topological polar surface area (TPSA) is 75.8 Å². The van der Waals surface area contributed by atoms with Gasteiger partial charge in [0.05, 0.1) is 13.2 Å². The average Bonchev–Trinajstić information content (AvgIpc) is 2.60. The Morgan fingerprint density at radius 2 is 2.24 bits per heavy atom. The number of ether oxygens (including phenoxy) is 1. The molecule has 2 atom stereocenters. The van der Waals surface area contributed by atoms with E-state index in [0.717, 1.165) is 4.90 Å². The Morgan fingerprint density at radius 1 is 1.65 bits per heavy atom. The molecule has 0 bridgehead atoms. The zero-order valence-corrected chi connectivity index (χ0v) is 9.33. The number of aliphatic hydroxyl groups is 1. The Balaban J connectivity index is 2.65. The largest absolute Gasteiger partial charge is 0.419 e. The molecule has 100 valence electrons. The fourth-order valence-corrected chi connectivity index (χ4v) is 1.70. The van der Waals surface area contributed by atoms with Gasteiger partial charge in [0, 0.05) is 20.1 Å². The third-order valence-electron chi connectivity index (χ3n) is 2.75. The maximum Gasteiger partial charge on any atom is 0.419 e. The molecule has 0 saturated carbocycles. The van der Waals surface area contributed by atoms with E-state index in [1.165, 1.54) is 7.11 Å². The van der Waals surface area contributed by atoms with Crippen LogP contribution in [-0.2, 0) is 9.53 Å². The highest BCUT2D eigenvalue weighted by Crippen LogP contribution is 2.37. The minimum Gasteiger partial charge on any atom is -0.383 e. The molecule has 1 saturated heterocycles. The minimum atomic E-state index is -4.74. The van der Waals surface area contributed by atoms with Crippen molar-refractivity contribution in [2.45, 2.75) is 24.2 Å². The molecule has 0 aliphatic carbocycles. The van der Waals surface area contributed by atoms with Gasteiger partial charge in [-0.2, -0.15) is 13.2 Å². The standard InChI is InChI=1S/C9H15F3N2O3/c1-17-4-6(13)7(15)14-3-2-8(16,5-14)9(10,11)12/h6,16H,2-5,13H2,1H3. The van der Waals surface area contributed by atoms with Gasteiger partial charge in [-0.25, -0.2) is 0 Å². The highest BCUT2D eigenvalue weighted by Gasteiger charge is 2.57. The van der Waals surface area contributed by atoms with E-state index < -0.39 is 36.7 Å². The lowest BCUT2D eigenvalue weighted by Crippen LogP contribution is -2.51. The first kappa shape index (κ1) is 14.2. The third kappa shape index (κ3) is 2.88. The van der Waals surface area contributed by atoms with Gasteiger partial charge in [0.15, 0.2) is 5.60 Å². The molecule has 1 aliphatic rings. The quantitative estimate of drug-likeness (QED) is 0.713. The SMILES string of the molecule is COCC(N)C(=O)N1CCC(O)(C(F)(F)F)C1. The van der Waals surface area contributed by atoms with Crippen molar-refractivity contribution in [3.05, 3.63) is 0 Å². The Bertz CT molecular complexity index is 298. The predicted molar refractivity (Wildman–Crippen MR) is 52.1 cm³/mol. The van der Waals surface area contributed by atoms with Gasteiger partial charge in [-0.05, 0) is 0 Å². The first-order valence-corrected chi connectivity index (χ1v) is 5.04. The summed E-state index contributed by atoms with van der Waals surface area (Å²) in [6, 6.07) is -1.00. The Labute approximate surface area is 96.3 Å². The first-order chi connectivity index (χ1) is 7.71. The second kappa shape index (κ2) is 4.79. The fraction of sp³-hybridized carbons (Fsp3) is 0.889. The summed E-state index contributed by atoms with van der Waals surface area (Å²) in [6.45, 7) is -1.00.